The van der Waals surface area contributed by atoms with Gasteiger partial charge in [-0.2, -0.15) is 0 Å². The Morgan fingerprint density at radius 1 is 1.03 bits per heavy atom. The molecule has 2 aromatic carbocycles. The van der Waals surface area contributed by atoms with Gasteiger partial charge in [0.05, 0.1) is 18.6 Å². The molecule has 7 nitrogen and oxygen atoms in total. The molecule has 0 aliphatic carbocycles. The van der Waals surface area contributed by atoms with Crippen LogP contribution in [0.5, 0.6) is 11.5 Å². The average Bonchev–Trinajstić information content (AvgIpc) is 3.16. The summed E-state index contributed by atoms with van der Waals surface area (Å²) in [7, 11) is -2.58. The summed E-state index contributed by atoms with van der Waals surface area (Å²) in [6.07, 6.45) is 0. The molecule has 1 heterocycles. The largest absolute Gasteiger partial charge is 0.495 e. The molecule has 0 bridgehead atoms. The molecule has 0 fully saturated rings. The molecule has 30 heavy (non-hydrogen) atoms. The maximum Gasteiger partial charge on any atom is 0.265 e. The zero-order valence-electron chi connectivity index (χ0n) is 16.8. The number of thiophene rings is 1. The van der Waals surface area contributed by atoms with E-state index >= 15 is 0 Å². The van der Waals surface area contributed by atoms with Gasteiger partial charge in [0.1, 0.15) is 16.4 Å². The van der Waals surface area contributed by atoms with Crippen LogP contribution >= 0.6 is 11.3 Å². The van der Waals surface area contributed by atoms with Crippen molar-refractivity contribution in [3.05, 3.63) is 64.4 Å². The van der Waals surface area contributed by atoms with Gasteiger partial charge in [0.25, 0.3) is 15.9 Å². The van der Waals surface area contributed by atoms with Gasteiger partial charge >= 0.3 is 0 Å². The standard InChI is InChI=1S/C21H22N2O5S2/c1-4-28-17-9-6-15(7-10-17)23-30(25,26)20-13-16(8-11-18(20)27-3)22-21(24)19-12-5-14(2)29-19/h5-13,23H,4H2,1-3H3,(H,22,24). The Kier molecular flexibility index (Phi) is 6.63. The number of carbonyl (C=O) groups excluding carboxylic acids is 1. The number of anilines is 2. The van der Waals surface area contributed by atoms with Crippen LogP contribution in [-0.2, 0) is 10.0 Å². The molecule has 3 aromatic rings. The number of nitrogens with one attached hydrogen (secondary N) is 2. The quantitative estimate of drug-likeness (QED) is 0.531. The number of amides is 1. The van der Waals surface area contributed by atoms with E-state index in [1.807, 2.05) is 19.9 Å². The highest BCUT2D eigenvalue weighted by Gasteiger charge is 2.21. The second kappa shape index (κ2) is 9.19. The molecule has 0 unspecified atom stereocenters. The molecule has 0 spiro atoms. The lowest BCUT2D eigenvalue weighted by atomic mass is 10.3. The number of carbonyl (C=O) groups is 1. The van der Waals surface area contributed by atoms with Crippen molar-refractivity contribution in [2.75, 3.05) is 23.8 Å². The highest BCUT2D eigenvalue weighted by atomic mass is 32.2. The van der Waals surface area contributed by atoms with Gasteiger partial charge in [-0.1, -0.05) is 0 Å². The average molecular weight is 447 g/mol. The lowest BCUT2D eigenvalue weighted by Crippen LogP contribution is -2.15. The summed E-state index contributed by atoms with van der Waals surface area (Å²) in [6, 6.07) is 14.6. The van der Waals surface area contributed by atoms with Crippen LogP contribution in [0.15, 0.2) is 59.5 Å². The summed E-state index contributed by atoms with van der Waals surface area (Å²) in [5, 5.41) is 2.73. The number of rotatable bonds is 8. The van der Waals surface area contributed by atoms with Crippen molar-refractivity contribution < 1.29 is 22.7 Å². The fourth-order valence-corrected chi connectivity index (χ4v) is 4.73. The second-order valence-electron chi connectivity index (χ2n) is 6.29. The summed E-state index contributed by atoms with van der Waals surface area (Å²) in [5.41, 5.74) is 0.725. The SMILES string of the molecule is CCOc1ccc(NS(=O)(=O)c2cc(NC(=O)c3ccc(C)s3)ccc2OC)cc1. The molecule has 0 aliphatic rings. The molecule has 158 valence electrons. The smallest absolute Gasteiger partial charge is 0.265 e. The van der Waals surface area contributed by atoms with E-state index in [0.717, 1.165) is 4.88 Å². The Morgan fingerprint density at radius 2 is 1.73 bits per heavy atom. The van der Waals surface area contributed by atoms with E-state index in [4.69, 9.17) is 9.47 Å². The number of aryl methyl sites for hydroxylation is 1. The molecular formula is C21H22N2O5S2. The van der Waals surface area contributed by atoms with Crippen LogP contribution in [0, 0.1) is 6.92 Å². The maximum absolute atomic E-state index is 13.0. The molecule has 9 heteroatoms. The van der Waals surface area contributed by atoms with Gasteiger partial charge in [-0.15, -0.1) is 11.3 Å². The highest BCUT2D eigenvalue weighted by molar-refractivity contribution is 7.92. The molecule has 0 saturated heterocycles. The van der Waals surface area contributed by atoms with Crippen molar-refractivity contribution in [1.82, 2.24) is 0 Å². The first-order valence-corrected chi connectivity index (χ1v) is 11.4. The predicted octanol–water partition coefficient (Wildman–Crippen LogP) is 4.52. The van der Waals surface area contributed by atoms with Gasteiger partial charge in [0, 0.05) is 16.3 Å². The summed E-state index contributed by atoms with van der Waals surface area (Å²) >= 11 is 1.36. The van der Waals surface area contributed by atoms with Crippen LogP contribution in [0.25, 0.3) is 0 Å². The van der Waals surface area contributed by atoms with E-state index in [1.165, 1.54) is 30.6 Å². The third-order valence-corrected chi connectivity index (χ3v) is 6.49. The van der Waals surface area contributed by atoms with Crippen LogP contribution in [0.4, 0.5) is 11.4 Å². The minimum Gasteiger partial charge on any atom is -0.495 e. The summed E-state index contributed by atoms with van der Waals surface area (Å²) in [6.45, 7) is 4.30. The molecule has 0 aliphatic heterocycles. The summed E-state index contributed by atoms with van der Waals surface area (Å²) < 4.78 is 39.0. The topological polar surface area (TPSA) is 93.7 Å². The fourth-order valence-electron chi connectivity index (χ4n) is 2.71. The van der Waals surface area contributed by atoms with Crippen LogP contribution in [0.3, 0.4) is 0 Å². The Labute approximate surface area is 179 Å². The van der Waals surface area contributed by atoms with Crippen molar-refractivity contribution >= 4 is 38.6 Å². The molecule has 2 N–H and O–H groups in total. The lowest BCUT2D eigenvalue weighted by Gasteiger charge is -2.14. The van der Waals surface area contributed by atoms with Gasteiger partial charge in [-0.25, -0.2) is 8.42 Å². The van der Waals surface area contributed by atoms with Gasteiger partial charge in [0.15, 0.2) is 0 Å². The number of hydrogen-bond acceptors (Lipinski definition) is 6. The minimum absolute atomic E-state index is 0.0842. The van der Waals surface area contributed by atoms with E-state index in [9.17, 15) is 13.2 Å². The molecular weight excluding hydrogens is 424 g/mol. The summed E-state index contributed by atoms with van der Waals surface area (Å²) in [5.74, 6) is 0.506. The van der Waals surface area contributed by atoms with E-state index in [1.54, 1.807) is 36.4 Å². The number of hydrogen-bond donors (Lipinski definition) is 2. The molecule has 1 amide bonds. The number of ether oxygens (including phenoxy) is 2. The third kappa shape index (κ3) is 5.11. The van der Waals surface area contributed by atoms with Crippen molar-refractivity contribution in [2.24, 2.45) is 0 Å². The van der Waals surface area contributed by atoms with Gasteiger partial charge in [0.2, 0.25) is 0 Å². The van der Waals surface area contributed by atoms with Crippen molar-refractivity contribution in [2.45, 2.75) is 18.7 Å². The molecule has 0 atom stereocenters. The Balaban J connectivity index is 1.85. The monoisotopic (exact) mass is 446 g/mol. The number of benzene rings is 2. The van der Waals surface area contributed by atoms with Gasteiger partial charge in [-0.3, -0.25) is 9.52 Å². The van der Waals surface area contributed by atoms with E-state index in [0.29, 0.717) is 28.6 Å². The second-order valence-corrected chi connectivity index (χ2v) is 9.23. The van der Waals surface area contributed by atoms with E-state index in [-0.39, 0.29) is 16.6 Å². The first-order chi connectivity index (χ1) is 14.3. The highest BCUT2D eigenvalue weighted by Crippen LogP contribution is 2.30. The number of methoxy groups -OCH3 is 1. The zero-order valence-corrected chi connectivity index (χ0v) is 18.4. The normalized spacial score (nSPS) is 11.0. The first kappa shape index (κ1) is 21.7. The van der Waals surface area contributed by atoms with Gasteiger partial charge < -0.3 is 14.8 Å². The van der Waals surface area contributed by atoms with Crippen molar-refractivity contribution in [1.29, 1.82) is 0 Å². The van der Waals surface area contributed by atoms with Crippen molar-refractivity contribution in [3.63, 3.8) is 0 Å². The van der Waals surface area contributed by atoms with E-state index in [2.05, 4.69) is 10.0 Å². The maximum atomic E-state index is 13.0. The molecule has 0 saturated carbocycles. The minimum atomic E-state index is -3.96. The van der Waals surface area contributed by atoms with Gasteiger partial charge in [-0.05, 0) is 68.4 Å². The van der Waals surface area contributed by atoms with E-state index < -0.39 is 10.0 Å². The predicted molar refractivity (Wildman–Crippen MR) is 118 cm³/mol. The van der Waals surface area contributed by atoms with Crippen LogP contribution in [0.1, 0.15) is 21.5 Å². The summed E-state index contributed by atoms with van der Waals surface area (Å²) in [4.78, 5) is 13.9. The third-order valence-electron chi connectivity index (χ3n) is 4.09. The Morgan fingerprint density at radius 3 is 2.33 bits per heavy atom. The fraction of sp³-hybridized carbons (Fsp3) is 0.190. The van der Waals surface area contributed by atoms with Crippen LogP contribution in [-0.4, -0.2) is 28.0 Å². The zero-order chi connectivity index (χ0) is 21.7. The molecule has 3 rings (SSSR count). The number of sulfonamides is 1. The Hall–Kier alpha value is -3.04. The lowest BCUT2D eigenvalue weighted by molar-refractivity contribution is 0.103. The first-order valence-electron chi connectivity index (χ1n) is 9.14. The molecule has 0 radical (unpaired) electrons. The van der Waals surface area contributed by atoms with Crippen LogP contribution in [0.2, 0.25) is 0 Å². The Bertz CT molecular complexity index is 1140. The van der Waals surface area contributed by atoms with Crippen molar-refractivity contribution in [3.8, 4) is 11.5 Å². The van der Waals surface area contributed by atoms with Crippen LogP contribution < -0.4 is 19.5 Å². The molecule has 1 aromatic heterocycles.